The van der Waals surface area contributed by atoms with Crippen molar-refractivity contribution in [2.75, 3.05) is 6.54 Å². The van der Waals surface area contributed by atoms with E-state index >= 15 is 0 Å². The molecule has 1 aliphatic rings. The van der Waals surface area contributed by atoms with Crippen molar-refractivity contribution in [2.24, 2.45) is 0 Å². The molecule has 2 heterocycles. The number of aromatic nitrogens is 4. The van der Waals surface area contributed by atoms with E-state index in [-0.39, 0.29) is 17.7 Å². The minimum atomic E-state index is -4.47. The van der Waals surface area contributed by atoms with E-state index in [4.69, 9.17) is 0 Å². The van der Waals surface area contributed by atoms with Gasteiger partial charge >= 0.3 is 12.1 Å². The summed E-state index contributed by atoms with van der Waals surface area (Å²) in [4.78, 5) is 11.7. The number of alkyl halides is 3. The zero-order valence-electron chi connectivity index (χ0n) is 16.9. The van der Waals surface area contributed by atoms with Crippen LogP contribution in [0.25, 0.3) is 22.5 Å². The lowest BCUT2D eigenvalue weighted by Crippen LogP contribution is -2.46. The fourth-order valence-electron chi connectivity index (χ4n) is 3.87. The lowest BCUT2D eigenvalue weighted by Gasteiger charge is -2.27. The molecule has 0 saturated heterocycles. The summed E-state index contributed by atoms with van der Waals surface area (Å²) in [6.45, 7) is 0.201. The number of carboxylic acid groups (broad SMARTS) is 1. The highest BCUT2D eigenvalue weighted by molar-refractivity contribution is 5.89. The predicted molar refractivity (Wildman–Crippen MR) is 109 cm³/mol. The van der Waals surface area contributed by atoms with E-state index in [0.29, 0.717) is 11.4 Å². The molecule has 4 rings (SSSR count). The largest absolute Gasteiger partial charge is 0.478 e. The molecule has 11 heteroatoms. The SMILES string of the molecule is CC1=C(C(=O)O)C(Cc2ccc(-c3ccccc3-c3nn[nH]n3)cc2)N(CC(F)(F)F)N1. The number of H-pyrrole nitrogens is 1. The Bertz CT molecular complexity index is 1140. The number of allylic oxidation sites excluding steroid dienone is 1. The highest BCUT2D eigenvalue weighted by Crippen LogP contribution is 2.31. The van der Waals surface area contributed by atoms with Gasteiger partial charge in [0.25, 0.3) is 0 Å². The Morgan fingerprint density at radius 2 is 1.81 bits per heavy atom. The molecule has 3 N–H and O–H groups in total. The number of benzene rings is 2. The normalized spacial score (nSPS) is 16.9. The molecule has 2 aromatic carbocycles. The van der Waals surface area contributed by atoms with Gasteiger partial charge in [-0.25, -0.2) is 9.80 Å². The first-order valence-electron chi connectivity index (χ1n) is 9.69. The van der Waals surface area contributed by atoms with E-state index in [0.717, 1.165) is 21.7 Å². The second-order valence-electron chi connectivity index (χ2n) is 7.40. The van der Waals surface area contributed by atoms with Crippen LogP contribution in [0.15, 0.2) is 59.8 Å². The summed E-state index contributed by atoms with van der Waals surface area (Å²) in [6.07, 6.45) is -4.36. The van der Waals surface area contributed by atoms with Crippen LogP contribution >= 0.6 is 0 Å². The van der Waals surface area contributed by atoms with Crippen molar-refractivity contribution in [3.63, 3.8) is 0 Å². The first kappa shape index (κ1) is 21.5. The zero-order valence-corrected chi connectivity index (χ0v) is 16.9. The molecule has 32 heavy (non-hydrogen) atoms. The quantitative estimate of drug-likeness (QED) is 0.536. The van der Waals surface area contributed by atoms with E-state index in [1.54, 1.807) is 12.1 Å². The molecule has 0 radical (unpaired) electrons. The fraction of sp³-hybridized carbons (Fsp3) is 0.238. The average molecular weight is 444 g/mol. The molecule has 1 aliphatic heterocycles. The van der Waals surface area contributed by atoms with Crippen molar-refractivity contribution >= 4 is 5.97 Å². The smallest absolute Gasteiger partial charge is 0.403 e. The number of hydrogen-bond donors (Lipinski definition) is 3. The van der Waals surface area contributed by atoms with Gasteiger partial charge in [-0.15, -0.1) is 10.2 Å². The van der Waals surface area contributed by atoms with Gasteiger partial charge in [-0.3, -0.25) is 0 Å². The van der Waals surface area contributed by atoms with Gasteiger partial charge in [-0.05, 0) is 35.2 Å². The third-order valence-electron chi connectivity index (χ3n) is 5.21. The summed E-state index contributed by atoms with van der Waals surface area (Å²) in [7, 11) is 0. The van der Waals surface area contributed by atoms with Crippen molar-refractivity contribution in [1.82, 2.24) is 31.1 Å². The van der Waals surface area contributed by atoms with Crippen molar-refractivity contribution in [3.8, 4) is 22.5 Å². The van der Waals surface area contributed by atoms with Gasteiger partial charge < -0.3 is 10.5 Å². The molecule has 0 aliphatic carbocycles. The number of carboxylic acids is 1. The maximum Gasteiger partial charge on any atom is 0.403 e. The third kappa shape index (κ3) is 4.47. The van der Waals surface area contributed by atoms with Gasteiger partial charge in [0.15, 0.2) is 0 Å². The Balaban J connectivity index is 1.60. The van der Waals surface area contributed by atoms with Crippen LogP contribution in [-0.2, 0) is 11.2 Å². The monoisotopic (exact) mass is 444 g/mol. The van der Waals surface area contributed by atoms with Crippen molar-refractivity contribution in [3.05, 3.63) is 65.4 Å². The molecule has 0 spiro atoms. The van der Waals surface area contributed by atoms with Crippen LogP contribution in [0.3, 0.4) is 0 Å². The van der Waals surface area contributed by atoms with Crippen LogP contribution in [0.2, 0.25) is 0 Å². The number of hydrazine groups is 1. The summed E-state index contributed by atoms with van der Waals surface area (Å²) in [6, 6.07) is 13.8. The van der Waals surface area contributed by atoms with Crippen LogP contribution in [0.1, 0.15) is 12.5 Å². The number of halogens is 3. The second kappa shape index (κ2) is 8.42. The molecule has 0 fully saturated rings. The number of hydrogen-bond acceptors (Lipinski definition) is 6. The Labute approximate surface area is 180 Å². The molecular weight excluding hydrogens is 425 g/mol. The predicted octanol–water partition coefficient (Wildman–Crippen LogP) is 3.19. The fourth-order valence-corrected chi connectivity index (χ4v) is 3.87. The van der Waals surface area contributed by atoms with E-state index in [9.17, 15) is 23.1 Å². The molecule has 1 unspecified atom stereocenters. The van der Waals surface area contributed by atoms with Crippen LogP contribution in [0, 0.1) is 0 Å². The van der Waals surface area contributed by atoms with Crippen molar-refractivity contribution in [2.45, 2.75) is 25.6 Å². The number of nitrogens with one attached hydrogen (secondary N) is 2. The van der Waals surface area contributed by atoms with Gasteiger partial charge in [0.2, 0.25) is 5.82 Å². The molecule has 0 saturated carbocycles. The van der Waals surface area contributed by atoms with Crippen LogP contribution in [0.5, 0.6) is 0 Å². The van der Waals surface area contributed by atoms with Crippen LogP contribution in [-0.4, -0.2) is 55.5 Å². The number of aliphatic carboxylic acids is 1. The highest BCUT2D eigenvalue weighted by Gasteiger charge is 2.41. The summed E-state index contributed by atoms with van der Waals surface area (Å²) in [5, 5.41) is 24.5. The van der Waals surface area contributed by atoms with Crippen molar-refractivity contribution < 1.29 is 23.1 Å². The number of nitrogens with zero attached hydrogens (tertiary/aromatic N) is 4. The molecule has 8 nitrogen and oxygen atoms in total. The van der Waals surface area contributed by atoms with Gasteiger partial charge in [-0.1, -0.05) is 48.5 Å². The molecule has 3 aromatic rings. The summed E-state index contributed by atoms with van der Waals surface area (Å²) >= 11 is 0. The Morgan fingerprint density at radius 1 is 1.12 bits per heavy atom. The molecule has 1 aromatic heterocycles. The van der Waals surface area contributed by atoms with E-state index in [2.05, 4.69) is 26.0 Å². The first-order valence-corrected chi connectivity index (χ1v) is 9.69. The Hall–Kier alpha value is -3.73. The van der Waals surface area contributed by atoms with E-state index < -0.39 is 24.7 Å². The van der Waals surface area contributed by atoms with Gasteiger partial charge in [0, 0.05) is 11.3 Å². The number of rotatable bonds is 6. The van der Waals surface area contributed by atoms with Gasteiger partial charge in [0.1, 0.15) is 6.54 Å². The lowest BCUT2D eigenvalue weighted by molar-refractivity contribution is -0.154. The van der Waals surface area contributed by atoms with Gasteiger partial charge in [0.05, 0.1) is 11.6 Å². The van der Waals surface area contributed by atoms with E-state index in [1.807, 2.05) is 36.4 Å². The highest BCUT2D eigenvalue weighted by atomic mass is 19.4. The van der Waals surface area contributed by atoms with Gasteiger partial charge in [-0.2, -0.15) is 18.4 Å². The molecule has 0 bridgehead atoms. The Morgan fingerprint density at radius 3 is 2.41 bits per heavy atom. The van der Waals surface area contributed by atoms with E-state index in [1.165, 1.54) is 6.92 Å². The van der Waals surface area contributed by atoms with Crippen LogP contribution in [0.4, 0.5) is 13.2 Å². The topological polar surface area (TPSA) is 107 Å². The summed E-state index contributed by atoms with van der Waals surface area (Å²) in [5.41, 5.74) is 5.90. The first-order chi connectivity index (χ1) is 15.2. The number of aromatic amines is 1. The second-order valence-corrected chi connectivity index (χ2v) is 7.40. The molecule has 0 amide bonds. The van der Waals surface area contributed by atoms with Crippen molar-refractivity contribution in [1.29, 1.82) is 0 Å². The minimum Gasteiger partial charge on any atom is -0.478 e. The number of carbonyl (C=O) groups is 1. The minimum absolute atomic E-state index is 0.0687. The maximum absolute atomic E-state index is 13.0. The molecule has 166 valence electrons. The third-order valence-corrected chi connectivity index (χ3v) is 5.21. The summed E-state index contributed by atoms with van der Waals surface area (Å²) in [5.74, 6) is -0.799. The standard InChI is InChI=1S/C21H19F3N6O2/c1-12-18(20(31)32)17(30(27-12)11-21(22,23)24)10-13-6-8-14(9-7-13)15-4-2-3-5-16(15)19-25-28-29-26-19/h2-9,17,27H,10-11H2,1H3,(H,31,32)(H,25,26,28,29). The Kier molecular flexibility index (Phi) is 5.66. The molecular formula is C21H19F3N6O2. The molecule has 1 atom stereocenters. The van der Waals surface area contributed by atoms with Crippen LogP contribution < -0.4 is 5.43 Å². The average Bonchev–Trinajstić information content (AvgIpc) is 3.36. The summed E-state index contributed by atoms with van der Waals surface area (Å²) < 4.78 is 39.0. The number of tetrazole rings is 1. The maximum atomic E-state index is 13.0. The lowest BCUT2D eigenvalue weighted by atomic mass is 9.95. The zero-order chi connectivity index (χ0) is 22.9.